The van der Waals surface area contributed by atoms with Gasteiger partial charge in [-0.25, -0.2) is 0 Å². The third-order valence-electron chi connectivity index (χ3n) is 4.45. The van der Waals surface area contributed by atoms with E-state index in [0.717, 1.165) is 28.7 Å². The van der Waals surface area contributed by atoms with Gasteiger partial charge in [-0.05, 0) is 42.0 Å². The fourth-order valence-corrected chi connectivity index (χ4v) is 3.50. The van der Waals surface area contributed by atoms with E-state index < -0.39 is 0 Å². The van der Waals surface area contributed by atoms with Crippen LogP contribution in [0.15, 0.2) is 34.7 Å². The number of aryl methyl sites for hydroxylation is 1. The normalized spacial score (nSPS) is 14.0. The first-order valence-electron chi connectivity index (χ1n) is 7.22. The molecule has 21 heavy (non-hydrogen) atoms. The fraction of sp³-hybridized carbons (Fsp3) is 0.158. The Morgan fingerprint density at radius 1 is 1.14 bits per heavy atom. The zero-order valence-electron chi connectivity index (χ0n) is 11.7. The summed E-state index contributed by atoms with van der Waals surface area (Å²) in [5.74, 6) is 4.11. The van der Waals surface area contributed by atoms with Gasteiger partial charge in [0.05, 0.1) is 12.1 Å². The molecule has 5 rings (SSSR count). The van der Waals surface area contributed by atoms with Crippen LogP contribution in [0.1, 0.15) is 28.0 Å². The number of fused-ring (bicyclic) bond motifs is 7. The van der Waals surface area contributed by atoms with Gasteiger partial charge in [0.15, 0.2) is 0 Å². The first kappa shape index (κ1) is 11.0. The lowest BCUT2D eigenvalue weighted by Crippen LogP contribution is -2.09. The lowest BCUT2D eigenvalue weighted by Gasteiger charge is -2.02. The Hall–Kier alpha value is -2.66. The van der Waals surface area contributed by atoms with Crippen molar-refractivity contribution in [3.05, 3.63) is 58.3 Å². The molecule has 0 bridgehead atoms. The van der Waals surface area contributed by atoms with Gasteiger partial charge in [-0.1, -0.05) is 29.8 Å². The summed E-state index contributed by atoms with van der Waals surface area (Å²) in [5, 5.41) is 4.19. The van der Waals surface area contributed by atoms with Crippen molar-refractivity contribution in [3.63, 3.8) is 0 Å². The summed E-state index contributed by atoms with van der Waals surface area (Å²) >= 11 is 0. The number of hydrogen-bond acceptors (Lipinski definition) is 2. The molecule has 100 valence electrons. The zero-order valence-corrected chi connectivity index (χ0v) is 11.7. The Morgan fingerprint density at radius 3 is 3.05 bits per heavy atom. The second kappa shape index (κ2) is 3.71. The van der Waals surface area contributed by atoms with Gasteiger partial charge in [-0.2, -0.15) is 0 Å². The molecule has 0 unspecified atom stereocenters. The van der Waals surface area contributed by atoms with Gasteiger partial charge in [0.25, 0.3) is 0 Å². The van der Waals surface area contributed by atoms with Crippen LogP contribution in [-0.2, 0) is 13.0 Å². The maximum atomic E-state index is 6.16. The van der Waals surface area contributed by atoms with Crippen LogP contribution in [0.2, 0.25) is 0 Å². The van der Waals surface area contributed by atoms with E-state index in [1.807, 2.05) is 0 Å². The highest BCUT2D eigenvalue weighted by molar-refractivity contribution is 6.00. The lowest BCUT2D eigenvalue weighted by atomic mass is 10.0. The van der Waals surface area contributed by atoms with Crippen LogP contribution in [0.5, 0.6) is 0 Å². The molecule has 0 amide bonds. The largest absolute Gasteiger partial charge is 0.457 e. The number of benzene rings is 2. The monoisotopic (exact) mass is 271 g/mol. The Morgan fingerprint density at radius 2 is 2.10 bits per heavy atom. The Labute approximate surface area is 122 Å². The average molecular weight is 271 g/mol. The van der Waals surface area contributed by atoms with Gasteiger partial charge in [0, 0.05) is 17.0 Å². The molecule has 1 aromatic heterocycles. The van der Waals surface area contributed by atoms with Gasteiger partial charge in [-0.15, -0.1) is 0 Å². The van der Waals surface area contributed by atoms with E-state index in [0.29, 0.717) is 6.54 Å². The SMILES string of the molecule is Cc1ccc2c(c1)Cc1ccc3c4c(oc3c1-2)CNC#C4. The van der Waals surface area contributed by atoms with Crippen molar-refractivity contribution in [2.45, 2.75) is 19.9 Å². The highest BCUT2D eigenvalue weighted by Crippen LogP contribution is 2.43. The molecule has 0 radical (unpaired) electrons. The quantitative estimate of drug-likeness (QED) is 0.493. The second-order valence-corrected chi connectivity index (χ2v) is 5.82. The maximum absolute atomic E-state index is 6.16. The van der Waals surface area contributed by atoms with Crippen molar-refractivity contribution in [1.29, 1.82) is 0 Å². The minimum Gasteiger partial charge on any atom is -0.457 e. The van der Waals surface area contributed by atoms with Crippen molar-refractivity contribution in [3.8, 4) is 23.1 Å². The summed E-state index contributed by atoms with van der Waals surface area (Å²) in [6.07, 6.45) is 0.998. The molecule has 1 aliphatic carbocycles. The summed E-state index contributed by atoms with van der Waals surface area (Å²) in [5.41, 5.74) is 8.69. The molecule has 0 saturated heterocycles. The smallest absolute Gasteiger partial charge is 0.143 e. The van der Waals surface area contributed by atoms with Crippen LogP contribution in [0, 0.1) is 18.9 Å². The number of rotatable bonds is 0. The molecule has 0 fully saturated rings. The summed E-state index contributed by atoms with van der Waals surface area (Å²) in [6, 6.07) is 14.0. The highest BCUT2D eigenvalue weighted by Gasteiger charge is 2.25. The third-order valence-corrected chi connectivity index (χ3v) is 4.45. The first-order valence-corrected chi connectivity index (χ1v) is 7.22. The molecule has 1 N–H and O–H groups in total. The molecular formula is C19H13NO. The highest BCUT2D eigenvalue weighted by atomic mass is 16.3. The van der Waals surface area contributed by atoms with Crippen LogP contribution in [-0.4, -0.2) is 0 Å². The standard InChI is InChI=1S/C19H13NO/c1-11-2-4-14-13(8-11)9-12-3-5-16-15-6-7-20-10-17(15)21-19(16)18(12)14/h2-5,8,20H,9-10H2,1H3. The molecule has 3 aromatic rings. The van der Waals surface area contributed by atoms with Gasteiger partial charge in [-0.3, -0.25) is 0 Å². The van der Waals surface area contributed by atoms with Crippen molar-refractivity contribution in [2.24, 2.45) is 0 Å². The molecule has 0 spiro atoms. The molecule has 0 saturated carbocycles. The van der Waals surface area contributed by atoms with Crippen LogP contribution < -0.4 is 5.32 Å². The van der Waals surface area contributed by atoms with Gasteiger partial charge in [0.2, 0.25) is 0 Å². The Kier molecular flexibility index (Phi) is 1.95. The average Bonchev–Trinajstić information content (AvgIpc) is 3.03. The Balaban J connectivity index is 1.88. The molecule has 0 atom stereocenters. The molecule has 2 aliphatic rings. The summed E-state index contributed by atoms with van der Waals surface area (Å²) in [4.78, 5) is 0. The minimum atomic E-state index is 0.687. The van der Waals surface area contributed by atoms with E-state index in [4.69, 9.17) is 4.42 Å². The second-order valence-electron chi connectivity index (χ2n) is 5.82. The summed E-state index contributed by atoms with van der Waals surface area (Å²) < 4.78 is 6.16. The number of furan rings is 1. The van der Waals surface area contributed by atoms with Crippen molar-refractivity contribution < 1.29 is 4.42 Å². The van der Waals surface area contributed by atoms with E-state index in [9.17, 15) is 0 Å². The van der Waals surface area contributed by atoms with Gasteiger partial charge >= 0.3 is 0 Å². The van der Waals surface area contributed by atoms with Crippen LogP contribution >= 0.6 is 0 Å². The van der Waals surface area contributed by atoms with Crippen LogP contribution in [0.25, 0.3) is 22.1 Å². The van der Waals surface area contributed by atoms with Gasteiger partial charge < -0.3 is 9.73 Å². The van der Waals surface area contributed by atoms with Crippen molar-refractivity contribution in [2.75, 3.05) is 0 Å². The van der Waals surface area contributed by atoms with Crippen molar-refractivity contribution >= 4 is 11.0 Å². The topological polar surface area (TPSA) is 25.2 Å². The molecule has 2 heteroatoms. The van der Waals surface area contributed by atoms with E-state index in [2.05, 4.69) is 54.5 Å². The Bertz CT molecular complexity index is 982. The number of hydrogen-bond donors (Lipinski definition) is 1. The number of nitrogens with one attached hydrogen (secondary N) is 1. The summed E-state index contributed by atoms with van der Waals surface area (Å²) in [6.45, 7) is 2.83. The van der Waals surface area contributed by atoms with Gasteiger partial charge in [0.1, 0.15) is 11.3 Å². The first-order chi connectivity index (χ1) is 10.3. The van der Waals surface area contributed by atoms with E-state index in [1.54, 1.807) is 0 Å². The summed E-state index contributed by atoms with van der Waals surface area (Å²) in [7, 11) is 0. The van der Waals surface area contributed by atoms with E-state index in [1.165, 1.54) is 27.8 Å². The predicted octanol–water partition coefficient (Wildman–Crippen LogP) is 3.72. The predicted molar refractivity (Wildman–Crippen MR) is 82.9 cm³/mol. The third kappa shape index (κ3) is 1.38. The fourth-order valence-electron chi connectivity index (χ4n) is 3.50. The van der Waals surface area contributed by atoms with Crippen molar-refractivity contribution in [1.82, 2.24) is 5.32 Å². The molecule has 1 aliphatic heterocycles. The lowest BCUT2D eigenvalue weighted by molar-refractivity contribution is 0.536. The minimum absolute atomic E-state index is 0.687. The zero-order chi connectivity index (χ0) is 14.0. The van der Waals surface area contributed by atoms with E-state index >= 15 is 0 Å². The van der Waals surface area contributed by atoms with Crippen LogP contribution in [0.4, 0.5) is 0 Å². The van der Waals surface area contributed by atoms with Crippen LogP contribution in [0.3, 0.4) is 0 Å². The molecule has 2 heterocycles. The molecule has 2 nitrogen and oxygen atoms in total. The molecule has 2 aromatic carbocycles. The van der Waals surface area contributed by atoms with E-state index in [-0.39, 0.29) is 0 Å². The molecular weight excluding hydrogens is 258 g/mol. The maximum Gasteiger partial charge on any atom is 0.143 e.